The SMILES string of the molecule is CCNC(=NCC(O)c1ccc(F)cc1)N1CCN(CC(=O)N2CC(C)CC(C)C2)CC1. The van der Waals surface area contributed by atoms with Crippen LogP contribution in [0.15, 0.2) is 29.3 Å². The summed E-state index contributed by atoms with van der Waals surface area (Å²) >= 11 is 0. The Hall–Kier alpha value is -2.19. The van der Waals surface area contributed by atoms with Crippen LogP contribution in [0.2, 0.25) is 0 Å². The molecule has 178 valence electrons. The van der Waals surface area contributed by atoms with Crippen LogP contribution in [0.5, 0.6) is 0 Å². The monoisotopic (exact) mass is 447 g/mol. The predicted molar refractivity (Wildman–Crippen MR) is 125 cm³/mol. The molecular formula is C24H38FN5O2. The molecule has 2 fully saturated rings. The van der Waals surface area contributed by atoms with Gasteiger partial charge in [-0.05, 0) is 42.9 Å². The molecule has 3 rings (SSSR count). The molecule has 2 aliphatic heterocycles. The van der Waals surface area contributed by atoms with Gasteiger partial charge in [-0.2, -0.15) is 0 Å². The van der Waals surface area contributed by atoms with Gasteiger partial charge in [0.05, 0.1) is 19.2 Å². The minimum absolute atomic E-state index is 0.206. The van der Waals surface area contributed by atoms with Crippen molar-refractivity contribution in [3.8, 4) is 0 Å². The Labute approximate surface area is 191 Å². The van der Waals surface area contributed by atoms with Gasteiger partial charge in [-0.3, -0.25) is 14.7 Å². The molecule has 2 aliphatic rings. The molecule has 2 saturated heterocycles. The highest BCUT2D eigenvalue weighted by Crippen LogP contribution is 2.21. The van der Waals surface area contributed by atoms with Gasteiger partial charge in [0.1, 0.15) is 5.82 Å². The van der Waals surface area contributed by atoms with Gasteiger partial charge in [-0.25, -0.2) is 4.39 Å². The average molecular weight is 448 g/mol. The maximum absolute atomic E-state index is 13.1. The lowest BCUT2D eigenvalue weighted by atomic mass is 9.92. The van der Waals surface area contributed by atoms with Gasteiger partial charge in [0, 0.05) is 45.8 Å². The summed E-state index contributed by atoms with van der Waals surface area (Å²) < 4.78 is 13.1. The average Bonchev–Trinajstić information content (AvgIpc) is 2.77. The van der Waals surface area contributed by atoms with E-state index in [0.717, 1.165) is 51.8 Å². The number of nitrogens with one attached hydrogen (secondary N) is 1. The van der Waals surface area contributed by atoms with Crippen molar-refractivity contribution in [2.24, 2.45) is 16.8 Å². The van der Waals surface area contributed by atoms with Crippen molar-refractivity contribution in [1.29, 1.82) is 0 Å². The second-order valence-electron chi connectivity index (χ2n) is 9.27. The lowest BCUT2D eigenvalue weighted by Gasteiger charge is -2.39. The van der Waals surface area contributed by atoms with Crippen LogP contribution in [-0.4, -0.2) is 90.6 Å². The van der Waals surface area contributed by atoms with Crippen LogP contribution in [-0.2, 0) is 4.79 Å². The Bertz CT molecular complexity index is 754. The number of carbonyl (C=O) groups is 1. The molecule has 1 aromatic carbocycles. The maximum Gasteiger partial charge on any atom is 0.236 e. The number of aliphatic hydroxyl groups is 1. The molecule has 7 nitrogen and oxygen atoms in total. The van der Waals surface area contributed by atoms with Crippen molar-refractivity contribution in [2.75, 3.05) is 58.9 Å². The summed E-state index contributed by atoms with van der Waals surface area (Å²) in [5.41, 5.74) is 0.649. The van der Waals surface area contributed by atoms with Crippen molar-refractivity contribution in [3.05, 3.63) is 35.6 Å². The van der Waals surface area contributed by atoms with Gasteiger partial charge in [-0.1, -0.05) is 26.0 Å². The number of hydrogen-bond acceptors (Lipinski definition) is 4. The Morgan fingerprint density at radius 2 is 1.75 bits per heavy atom. The molecule has 1 aromatic rings. The molecule has 0 bridgehead atoms. The number of likely N-dealkylation sites (tertiary alicyclic amines) is 1. The first-order valence-corrected chi connectivity index (χ1v) is 11.8. The van der Waals surface area contributed by atoms with Crippen molar-refractivity contribution < 1.29 is 14.3 Å². The number of amides is 1. The number of nitrogens with zero attached hydrogens (tertiary/aromatic N) is 4. The quantitative estimate of drug-likeness (QED) is 0.515. The van der Waals surface area contributed by atoms with Crippen LogP contribution >= 0.6 is 0 Å². The molecule has 2 heterocycles. The van der Waals surface area contributed by atoms with Gasteiger partial charge in [0.25, 0.3) is 0 Å². The number of piperazine rings is 1. The topological polar surface area (TPSA) is 71.4 Å². The van der Waals surface area contributed by atoms with E-state index in [9.17, 15) is 14.3 Å². The highest BCUT2D eigenvalue weighted by molar-refractivity contribution is 5.80. The first kappa shape index (κ1) is 24.5. The van der Waals surface area contributed by atoms with Gasteiger partial charge in [0.2, 0.25) is 5.91 Å². The van der Waals surface area contributed by atoms with E-state index < -0.39 is 6.10 Å². The Kier molecular flexibility index (Phi) is 8.87. The zero-order chi connectivity index (χ0) is 23.1. The van der Waals surface area contributed by atoms with Crippen molar-refractivity contribution in [2.45, 2.75) is 33.3 Å². The first-order valence-electron chi connectivity index (χ1n) is 11.8. The van der Waals surface area contributed by atoms with Crippen molar-refractivity contribution in [1.82, 2.24) is 20.0 Å². The van der Waals surface area contributed by atoms with Gasteiger partial charge >= 0.3 is 0 Å². The molecule has 0 radical (unpaired) electrons. The van der Waals surface area contributed by atoms with E-state index in [1.54, 1.807) is 12.1 Å². The van der Waals surface area contributed by atoms with E-state index in [1.165, 1.54) is 18.6 Å². The van der Waals surface area contributed by atoms with Crippen LogP contribution in [0.4, 0.5) is 4.39 Å². The molecule has 8 heteroatoms. The number of rotatable bonds is 6. The van der Waals surface area contributed by atoms with Crippen LogP contribution in [0.1, 0.15) is 38.9 Å². The number of guanidine groups is 1. The van der Waals surface area contributed by atoms with Crippen molar-refractivity contribution >= 4 is 11.9 Å². The Morgan fingerprint density at radius 1 is 1.12 bits per heavy atom. The highest BCUT2D eigenvalue weighted by atomic mass is 19.1. The first-order chi connectivity index (χ1) is 15.4. The molecule has 0 aromatic heterocycles. The van der Waals surface area contributed by atoms with Crippen LogP contribution in [0, 0.1) is 17.7 Å². The van der Waals surface area contributed by atoms with Crippen LogP contribution in [0.25, 0.3) is 0 Å². The zero-order valence-electron chi connectivity index (χ0n) is 19.6. The minimum atomic E-state index is -0.780. The van der Waals surface area contributed by atoms with E-state index in [2.05, 4.69) is 34.0 Å². The summed E-state index contributed by atoms with van der Waals surface area (Å²) in [5, 5.41) is 13.7. The van der Waals surface area contributed by atoms with Gasteiger partial charge in [0.15, 0.2) is 5.96 Å². The Balaban J connectivity index is 1.50. The van der Waals surface area contributed by atoms with Crippen molar-refractivity contribution in [3.63, 3.8) is 0 Å². The normalized spacial score (nSPS) is 23.8. The second-order valence-corrected chi connectivity index (χ2v) is 9.27. The highest BCUT2D eigenvalue weighted by Gasteiger charge is 2.28. The third-order valence-corrected chi connectivity index (χ3v) is 6.26. The molecule has 0 saturated carbocycles. The molecule has 2 N–H and O–H groups in total. The predicted octanol–water partition coefficient (Wildman–Crippen LogP) is 1.95. The molecule has 0 aliphatic carbocycles. The Morgan fingerprint density at radius 3 is 2.34 bits per heavy atom. The van der Waals surface area contributed by atoms with E-state index in [1.807, 2.05) is 11.8 Å². The summed E-state index contributed by atoms with van der Waals surface area (Å²) in [6.07, 6.45) is 0.419. The third kappa shape index (κ3) is 6.90. The fraction of sp³-hybridized carbons (Fsp3) is 0.667. The van der Waals surface area contributed by atoms with E-state index in [4.69, 9.17) is 0 Å². The largest absolute Gasteiger partial charge is 0.386 e. The van der Waals surface area contributed by atoms with Gasteiger partial charge in [-0.15, -0.1) is 0 Å². The smallest absolute Gasteiger partial charge is 0.236 e. The number of aliphatic hydroxyl groups excluding tert-OH is 1. The number of hydrogen-bond donors (Lipinski definition) is 2. The number of piperidine rings is 1. The van der Waals surface area contributed by atoms with E-state index >= 15 is 0 Å². The molecule has 0 spiro atoms. The summed E-state index contributed by atoms with van der Waals surface area (Å²) in [4.78, 5) is 23.8. The van der Waals surface area contributed by atoms with Crippen LogP contribution in [0.3, 0.4) is 0 Å². The summed E-state index contributed by atoms with van der Waals surface area (Å²) in [6.45, 7) is 12.8. The van der Waals surface area contributed by atoms with Gasteiger partial charge < -0.3 is 20.2 Å². The summed E-state index contributed by atoms with van der Waals surface area (Å²) in [5.74, 6) is 1.82. The lowest BCUT2D eigenvalue weighted by molar-refractivity contribution is -0.135. The second kappa shape index (κ2) is 11.6. The number of carbonyl (C=O) groups excluding carboxylic acids is 1. The fourth-order valence-corrected chi connectivity index (χ4v) is 4.66. The maximum atomic E-state index is 13.1. The molecule has 32 heavy (non-hydrogen) atoms. The molecular weight excluding hydrogens is 409 g/mol. The van der Waals surface area contributed by atoms with E-state index in [0.29, 0.717) is 23.9 Å². The molecule has 3 atom stereocenters. The molecule has 1 amide bonds. The minimum Gasteiger partial charge on any atom is -0.386 e. The standard InChI is InChI=1S/C24H38FN5O2/c1-4-26-24(27-14-22(31)20-5-7-21(25)8-6-20)29-11-9-28(10-12-29)17-23(32)30-15-18(2)13-19(3)16-30/h5-8,18-19,22,31H,4,9-17H2,1-3H3,(H,26,27). The summed E-state index contributed by atoms with van der Waals surface area (Å²) in [6, 6.07) is 5.86. The third-order valence-electron chi connectivity index (χ3n) is 6.26. The fourth-order valence-electron chi connectivity index (χ4n) is 4.66. The number of halogens is 1. The number of benzene rings is 1. The summed E-state index contributed by atoms with van der Waals surface area (Å²) in [7, 11) is 0. The zero-order valence-corrected chi connectivity index (χ0v) is 19.6. The molecule has 3 unspecified atom stereocenters. The lowest BCUT2D eigenvalue weighted by Crippen LogP contribution is -2.55. The number of aliphatic imine (C=N–C) groups is 1. The van der Waals surface area contributed by atoms with Crippen LogP contribution < -0.4 is 5.32 Å². The van der Waals surface area contributed by atoms with E-state index in [-0.39, 0.29) is 18.3 Å².